The number of halogens is 1. The van der Waals surface area contributed by atoms with Gasteiger partial charge in [0.25, 0.3) is 0 Å². The van der Waals surface area contributed by atoms with Gasteiger partial charge in [0.2, 0.25) is 0 Å². The van der Waals surface area contributed by atoms with Gasteiger partial charge >= 0.3 is 5.97 Å². The molecule has 5 heteroatoms. The van der Waals surface area contributed by atoms with E-state index in [0.717, 1.165) is 25.7 Å². The highest BCUT2D eigenvalue weighted by atomic mass is 35.5. The Labute approximate surface area is 99.0 Å². The first-order valence-corrected chi connectivity index (χ1v) is 5.84. The molecule has 0 radical (unpaired) electrons. The molecule has 1 saturated carbocycles. The first-order valence-electron chi connectivity index (χ1n) is 5.46. The standard InChI is InChI=1S/C11H13ClN2O2/c12-10-7-6-9(13-14-10)11(15)16-8-4-2-1-3-5-8/h6-8H,1-5H2. The van der Waals surface area contributed by atoms with Crippen LogP contribution in [-0.2, 0) is 4.74 Å². The molecule has 1 fully saturated rings. The lowest BCUT2D eigenvalue weighted by molar-refractivity contribution is 0.0203. The lowest BCUT2D eigenvalue weighted by Crippen LogP contribution is -2.21. The van der Waals surface area contributed by atoms with Gasteiger partial charge in [-0.1, -0.05) is 18.0 Å². The van der Waals surface area contributed by atoms with Crippen LogP contribution in [0.15, 0.2) is 12.1 Å². The van der Waals surface area contributed by atoms with Gasteiger partial charge in [-0.25, -0.2) is 4.79 Å². The van der Waals surface area contributed by atoms with E-state index in [1.165, 1.54) is 18.6 Å². The zero-order valence-electron chi connectivity index (χ0n) is 8.86. The van der Waals surface area contributed by atoms with Crippen LogP contribution in [0.5, 0.6) is 0 Å². The van der Waals surface area contributed by atoms with E-state index in [1.807, 2.05) is 0 Å². The smallest absolute Gasteiger partial charge is 0.359 e. The van der Waals surface area contributed by atoms with Crippen molar-refractivity contribution in [3.05, 3.63) is 23.0 Å². The van der Waals surface area contributed by atoms with E-state index in [9.17, 15) is 4.79 Å². The minimum absolute atomic E-state index is 0.0405. The maximum Gasteiger partial charge on any atom is 0.359 e. The molecular weight excluding hydrogens is 228 g/mol. The molecule has 0 spiro atoms. The Morgan fingerprint density at radius 1 is 1.25 bits per heavy atom. The number of nitrogens with zero attached hydrogens (tertiary/aromatic N) is 2. The number of rotatable bonds is 2. The third kappa shape index (κ3) is 2.92. The summed E-state index contributed by atoms with van der Waals surface area (Å²) >= 11 is 5.58. The van der Waals surface area contributed by atoms with Gasteiger partial charge in [-0.05, 0) is 37.8 Å². The average Bonchev–Trinajstić information content (AvgIpc) is 2.31. The summed E-state index contributed by atoms with van der Waals surface area (Å²) in [6.07, 6.45) is 5.43. The molecule has 0 aliphatic heterocycles. The summed E-state index contributed by atoms with van der Waals surface area (Å²) in [7, 11) is 0. The molecule has 0 aromatic carbocycles. The third-order valence-corrected chi connectivity index (χ3v) is 2.87. The predicted molar refractivity (Wildman–Crippen MR) is 59.3 cm³/mol. The molecule has 1 heterocycles. The van der Waals surface area contributed by atoms with Gasteiger partial charge in [0.15, 0.2) is 10.8 Å². The largest absolute Gasteiger partial charge is 0.458 e. The lowest BCUT2D eigenvalue weighted by atomic mass is 9.98. The van der Waals surface area contributed by atoms with Crippen LogP contribution >= 0.6 is 11.6 Å². The highest BCUT2D eigenvalue weighted by Crippen LogP contribution is 2.21. The van der Waals surface area contributed by atoms with Crippen LogP contribution < -0.4 is 0 Å². The molecule has 1 aromatic heterocycles. The van der Waals surface area contributed by atoms with Crippen LogP contribution in [0.4, 0.5) is 0 Å². The van der Waals surface area contributed by atoms with Crippen molar-refractivity contribution in [2.45, 2.75) is 38.2 Å². The molecule has 1 aliphatic carbocycles. The minimum Gasteiger partial charge on any atom is -0.458 e. The number of hydrogen-bond acceptors (Lipinski definition) is 4. The third-order valence-electron chi connectivity index (χ3n) is 2.67. The van der Waals surface area contributed by atoms with Gasteiger partial charge in [-0.3, -0.25) is 0 Å². The van der Waals surface area contributed by atoms with Crippen LogP contribution in [0.25, 0.3) is 0 Å². The molecule has 86 valence electrons. The highest BCUT2D eigenvalue weighted by Gasteiger charge is 2.19. The molecule has 0 atom stereocenters. The van der Waals surface area contributed by atoms with Crippen molar-refractivity contribution in [3.8, 4) is 0 Å². The molecular formula is C11H13ClN2O2. The maximum atomic E-state index is 11.7. The number of esters is 1. The highest BCUT2D eigenvalue weighted by molar-refractivity contribution is 6.29. The Balaban J connectivity index is 1.94. The Morgan fingerprint density at radius 3 is 2.62 bits per heavy atom. The number of ether oxygens (including phenoxy) is 1. The molecule has 1 aromatic rings. The van der Waals surface area contributed by atoms with E-state index >= 15 is 0 Å². The van der Waals surface area contributed by atoms with Crippen LogP contribution in [-0.4, -0.2) is 22.3 Å². The Bertz CT molecular complexity index is 361. The van der Waals surface area contributed by atoms with Crippen LogP contribution in [0.3, 0.4) is 0 Å². The lowest BCUT2D eigenvalue weighted by Gasteiger charge is -2.21. The molecule has 1 aliphatic rings. The van der Waals surface area contributed by atoms with Gasteiger partial charge < -0.3 is 4.74 Å². The van der Waals surface area contributed by atoms with Crippen LogP contribution in [0, 0.1) is 0 Å². The molecule has 16 heavy (non-hydrogen) atoms. The van der Waals surface area contributed by atoms with Gasteiger partial charge in [0.1, 0.15) is 6.10 Å². The van der Waals surface area contributed by atoms with Crippen molar-refractivity contribution < 1.29 is 9.53 Å². The molecule has 4 nitrogen and oxygen atoms in total. The van der Waals surface area contributed by atoms with Gasteiger partial charge in [-0.15, -0.1) is 10.2 Å². The van der Waals surface area contributed by atoms with E-state index in [4.69, 9.17) is 16.3 Å². The molecule has 2 rings (SSSR count). The maximum absolute atomic E-state index is 11.7. The molecule has 0 saturated heterocycles. The minimum atomic E-state index is -0.406. The predicted octanol–water partition coefficient (Wildman–Crippen LogP) is 2.62. The number of aromatic nitrogens is 2. The Hall–Kier alpha value is -1.16. The second kappa shape index (κ2) is 5.25. The van der Waals surface area contributed by atoms with Crippen molar-refractivity contribution >= 4 is 17.6 Å². The fourth-order valence-corrected chi connectivity index (χ4v) is 1.92. The number of carbonyl (C=O) groups is 1. The Kier molecular flexibility index (Phi) is 3.72. The van der Waals surface area contributed by atoms with Crippen molar-refractivity contribution in [1.29, 1.82) is 0 Å². The number of carbonyl (C=O) groups excluding carboxylic acids is 1. The van der Waals surface area contributed by atoms with Crippen molar-refractivity contribution in [3.63, 3.8) is 0 Å². The first kappa shape index (κ1) is 11.3. The normalized spacial score (nSPS) is 17.1. The second-order valence-electron chi connectivity index (χ2n) is 3.91. The summed E-state index contributed by atoms with van der Waals surface area (Å²) < 4.78 is 5.33. The molecule has 0 unspecified atom stereocenters. The van der Waals surface area contributed by atoms with Gasteiger partial charge in [-0.2, -0.15) is 0 Å². The van der Waals surface area contributed by atoms with Crippen molar-refractivity contribution in [2.75, 3.05) is 0 Å². The summed E-state index contributed by atoms with van der Waals surface area (Å²) in [5, 5.41) is 7.57. The van der Waals surface area contributed by atoms with E-state index < -0.39 is 5.97 Å². The summed E-state index contributed by atoms with van der Waals surface area (Å²) in [6.45, 7) is 0. The zero-order chi connectivity index (χ0) is 11.4. The monoisotopic (exact) mass is 240 g/mol. The molecule has 0 bridgehead atoms. The van der Waals surface area contributed by atoms with E-state index in [1.54, 1.807) is 0 Å². The Morgan fingerprint density at radius 2 is 2.00 bits per heavy atom. The summed E-state index contributed by atoms with van der Waals surface area (Å²) in [4.78, 5) is 11.7. The average molecular weight is 241 g/mol. The van der Waals surface area contributed by atoms with E-state index in [0.29, 0.717) is 0 Å². The van der Waals surface area contributed by atoms with Crippen molar-refractivity contribution in [2.24, 2.45) is 0 Å². The van der Waals surface area contributed by atoms with Crippen LogP contribution in [0.1, 0.15) is 42.6 Å². The summed E-state index contributed by atoms with van der Waals surface area (Å²) in [5.41, 5.74) is 0.218. The zero-order valence-corrected chi connectivity index (χ0v) is 9.61. The van der Waals surface area contributed by atoms with Gasteiger partial charge in [0.05, 0.1) is 0 Å². The quantitative estimate of drug-likeness (QED) is 0.746. The topological polar surface area (TPSA) is 52.1 Å². The SMILES string of the molecule is O=C(OC1CCCCC1)c1ccc(Cl)nn1. The van der Waals surface area contributed by atoms with Crippen LogP contribution in [0.2, 0.25) is 5.15 Å². The number of hydrogen-bond donors (Lipinski definition) is 0. The van der Waals surface area contributed by atoms with E-state index in [2.05, 4.69) is 10.2 Å². The summed E-state index contributed by atoms with van der Waals surface area (Å²) in [5.74, 6) is -0.406. The second-order valence-corrected chi connectivity index (χ2v) is 4.29. The van der Waals surface area contributed by atoms with E-state index in [-0.39, 0.29) is 17.0 Å². The van der Waals surface area contributed by atoms with Crippen molar-refractivity contribution in [1.82, 2.24) is 10.2 Å². The summed E-state index contributed by atoms with van der Waals surface area (Å²) in [6, 6.07) is 3.06. The fourth-order valence-electron chi connectivity index (χ4n) is 1.82. The van der Waals surface area contributed by atoms with Gasteiger partial charge in [0, 0.05) is 0 Å². The molecule has 0 N–H and O–H groups in total. The fraction of sp³-hybridized carbons (Fsp3) is 0.545. The molecule has 0 amide bonds. The first-order chi connectivity index (χ1) is 7.75.